The second-order valence-corrected chi connectivity index (χ2v) is 5.63. The molecule has 7 nitrogen and oxygen atoms in total. The van der Waals surface area contributed by atoms with Crippen molar-refractivity contribution in [2.24, 2.45) is 4.40 Å². The Labute approximate surface area is 113 Å². The van der Waals surface area contributed by atoms with Crippen LogP contribution in [0, 0.1) is 6.92 Å². The summed E-state index contributed by atoms with van der Waals surface area (Å²) in [5, 5.41) is 2.77. The van der Waals surface area contributed by atoms with Crippen molar-refractivity contribution in [3.05, 3.63) is 17.1 Å². The van der Waals surface area contributed by atoms with E-state index in [1.807, 2.05) is 13.8 Å². The lowest BCUT2D eigenvalue weighted by atomic mass is 10.2. The second kappa shape index (κ2) is 4.76. The number of hydrogen-bond acceptors (Lipinski definition) is 5. The summed E-state index contributed by atoms with van der Waals surface area (Å²) >= 11 is 0. The lowest BCUT2D eigenvalue weighted by Gasteiger charge is -2.26. The van der Waals surface area contributed by atoms with Crippen LogP contribution >= 0.6 is 0 Å². The number of fused-ring (bicyclic) bond motifs is 1. The quantitative estimate of drug-likeness (QED) is 0.848. The maximum atomic E-state index is 12.1. The molecule has 1 aliphatic rings. The largest absolute Gasteiger partial charge is 0.371 e. The Morgan fingerprint density at radius 2 is 1.95 bits per heavy atom. The van der Waals surface area contributed by atoms with Gasteiger partial charge in [0.05, 0.1) is 11.4 Å². The van der Waals surface area contributed by atoms with Gasteiger partial charge in [-0.25, -0.2) is 14.3 Å². The van der Waals surface area contributed by atoms with Gasteiger partial charge in [0, 0.05) is 13.6 Å². The first kappa shape index (κ1) is 13.7. The predicted molar refractivity (Wildman–Crippen MR) is 73.7 cm³/mol. The van der Waals surface area contributed by atoms with E-state index >= 15 is 0 Å². The molecule has 0 saturated carbocycles. The lowest BCUT2D eigenvalue weighted by molar-refractivity contribution is 0.591. The fourth-order valence-corrected chi connectivity index (χ4v) is 3.18. The molecule has 0 fully saturated rings. The van der Waals surface area contributed by atoms with E-state index in [9.17, 15) is 8.42 Å². The molecule has 0 amide bonds. The molecular weight excluding hydrogens is 266 g/mol. The van der Waals surface area contributed by atoms with Crippen LogP contribution in [-0.2, 0) is 16.6 Å². The van der Waals surface area contributed by atoms with Gasteiger partial charge in [0.2, 0.25) is 0 Å². The summed E-state index contributed by atoms with van der Waals surface area (Å²) < 4.78 is 29.0. The van der Waals surface area contributed by atoms with E-state index in [1.165, 1.54) is 4.31 Å². The molecule has 19 heavy (non-hydrogen) atoms. The highest BCUT2D eigenvalue weighted by molar-refractivity contribution is 7.91. The first-order valence-electron chi connectivity index (χ1n) is 6.12. The lowest BCUT2D eigenvalue weighted by Crippen LogP contribution is -2.39. The molecule has 0 radical (unpaired) electrons. The molecule has 0 aromatic carbocycles. The molecular formula is C11H17N5O2S. The van der Waals surface area contributed by atoms with Crippen LogP contribution in [0.4, 0.5) is 5.82 Å². The first-order valence-corrected chi connectivity index (χ1v) is 7.52. The number of hydrogen-bond donors (Lipinski definition) is 1. The summed E-state index contributed by atoms with van der Waals surface area (Å²) in [6.07, 6.45) is 0.704. The Morgan fingerprint density at radius 1 is 1.26 bits per heavy atom. The van der Waals surface area contributed by atoms with E-state index in [1.54, 1.807) is 14.0 Å². The van der Waals surface area contributed by atoms with Gasteiger partial charge in [0.15, 0.2) is 11.7 Å². The number of aryl methyl sites for hydroxylation is 2. The highest BCUT2D eigenvalue weighted by atomic mass is 32.2. The maximum absolute atomic E-state index is 12.1. The number of nitrogens with one attached hydrogen (secondary N) is 1. The van der Waals surface area contributed by atoms with Crippen molar-refractivity contribution in [2.45, 2.75) is 27.2 Å². The highest BCUT2D eigenvalue weighted by Gasteiger charge is 2.33. The van der Waals surface area contributed by atoms with Gasteiger partial charge in [0.1, 0.15) is 5.69 Å². The minimum Gasteiger partial charge on any atom is -0.371 e. The van der Waals surface area contributed by atoms with Gasteiger partial charge in [-0.2, -0.15) is 8.42 Å². The van der Waals surface area contributed by atoms with Gasteiger partial charge in [-0.3, -0.25) is 0 Å². The Kier molecular flexibility index (Phi) is 3.44. The third-order valence-corrected chi connectivity index (χ3v) is 4.36. The molecule has 2 heterocycles. The van der Waals surface area contributed by atoms with Gasteiger partial charge in [-0.05, 0) is 20.3 Å². The SMILES string of the molecule is CCc1nc2c(nc1C)C(NC)=NS(=O)(=O)N2CC. The Balaban J connectivity index is 2.75. The number of aromatic nitrogens is 2. The zero-order chi connectivity index (χ0) is 14.2. The summed E-state index contributed by atoms with van der Waals surface area (Å²) in [5.41, 5.74) is 2.07. The molecule has 0 saturated heterocycles. The molecule has 1 aromatic heterocycles. The van der Waals surface area contributed by atoms with Gasteiger partial charge >= 0.3 is 10.2 Å². The minimum atomic E-state index is -3.73. The van der Waals surface area contributed by atoms with Crippen molar-refractivity contribution in [3.63, 3.8) is 0 Å². The zero-order valence-corrected chi connectivity index (χ0v) is 12.2. The van der Waals surface area contributed by atoms with Crippen molar-refractivity contribution >= 4 is 21.9 Å². The molecule has 1 aromatic rings. The number of anilines is 1. The van der Waals surface area contributed by atoms with E-state index in [4.69, 9.17) is 0 Å². The summed E-state index contributed by atoms with van der Waals surface area (Å²) in [6, 6.07) is 0. The van der Waals surface area contributed by atoms with E-state index in [0.29, 0.717) is 17.9 Å². The van der Waals surface area contributed by atoms with E-state index in [2.05, 4.69) is 19.7 Å². The third kappa shape index (κ3) is 2.16. The van der Waals surface area contributed by atoms with Crippen molar-refractivity contribution in [2.75, 3.05) is 17.9 Å². The van der Waals surface area contributed by atoms with Crippen molar-refractivity contribution < 1.29 is 8.42 Å². The Hall–Kier alpha value is -1.70. The summed E-state index contributed by atoms with van der Waals surface area (Å²) in [7, 11) is -2.11. The van der Waals surface area contributed by atoms with Crippen molar-refractivity contribution in [3.8, 4) is 0 Å². The molecule has 1 N–H and O–H groups in total. The summed E-state index contributed by atoms with van der Waals surface area (Å²) in [4.78, 5) is 8.88. The van der Waals surface area contributed by atoms with Gasteiger partial charge < -0.3 is 5.32 Å². The Morgan fingerprint density at radius 3 is 2.47 bits per heavy atom. The minimum absolute atomic E-state index is 0.234. The van der Waals surface area contributed by atoms with Crippen LogP contribution in [0.5, 0.6) is 0 Å². The monoisotopic (exact) mass is 283 g/mol. The van der Waals surface area contributed by atoms with E-state index in [-0.39, 0.29) is 12.4 Å². The van der Waals surface area contributed by atoms with Crippen LogP contribution < -0.4 is 9.62 Å². The van der Waals surface area contributed by atoms with Gasteiger partial charge in [0.25, 0.3) is 0 Å². The molecule has 104 valence electrons. The van der Waals surface area contributed by atoms with Crippen LogP contribution in [0.3, 0.4) is 0 Å². The van der Waals surface area contributed by atoms with E-state index in [0.717, 1.165) is 11.4 Å². The second-order valence-electron chi connectivity index (χ2n) is 4.11. The van der Waals surface area contributed by atoms with Gasteiger partial charge in [-0.1, -0.05) is 6.92 Å². The zero-order valence-electron chi connectivity index (χ0n) is 11.4. The number of rotatable bonds is 2. The Bertz CT molecular complexity index is 639. The van der Waals surface area contributed by atoms with Crippen molar-refractivity contribution in [1.82, 2.24) is 15.3 Å². The van der Waals surface area contributed by atoms with Crippen LogP contribution in [0.1, 0.15) is 30.9 Å². The normalized spacial score (nSPS) is 16.8. The van der Waals surface area contributed by atoms with Crippen molar-refractivity contribution in [1.29, 1.82) is 0 Å². The molecule has 0 spiro atoms. The number of nitrogens with zero attached hydrogens (tertiary/aromatic N) is 4. The molecule has 1 aliphatic heterocycles. The molecule has 0 aliphatic carbocycles. The van der Waals surface area contributed by atoms with Crippen LogP contribution in [0.15, 0.2) is 4.40 Å². The smallest absolute Gasteiger partial charge is 0.347 e. The van der Waals surface area contributed by atoms with E-state index < -0.39 is 10.2 Å². The topological polar surface area (TPSA) is 87.5 Å². The summed E-state index contributed by atoms with van der Waals surface area (Å²) in [5.74, 6) is 0.585. The average molecular weight is 283 g/mol. The molecule has 0 bridgehead atoms. The number of amidine groups is 1. The molecule has 0 atom stereocenters. The first-order chi connectivity index (χ1) is 8.94. The molecule has 0 unspecified atom stereocenters. The van der Waals surface area contributed by atoms with Crippen LogP contribution in [0.2, 0.25) is 0 Å². The summed E-state index contributed by atoms with van der Waals surface area (Å²) in [6.45, 7) is 5.84. The average Bonchev–Trinajstić information content (AvgIpc) is 2.37. The fraction of sp³-hybridized carbons (Fsp3) is 0.545. The maximum Gasteiger partial charge on any atom is 0.347 e. The van der Waals surface area contributed by atoms with Crippen LogP contribution in [-0.4, -0.2) is 37.8 Å². The fourth-order valence-electron chi connectivity index (χ4n) is 2.01. The standard InChI is InChI=1S/C11H17N5O2S/c1-5-8-7(3)13-9-10(12-4)15-19(17,18)16(6-2)11(9)14-8/h5-6H2,1-4H3,(H,12,15). The predicted octanol–water partition coefficient (Wildman–Crippen LogP) is 0.398. The van der Waals surface area contributed by atoms with Crippen LogP contribution in [0.25, 0.3) is 0 Å². The molecule has 2 rings (SSSR count). The third-order valence-electron chi connectivity index (χ3n) is 2.95. The highest BCUT2D eigenvalue weighted by Crippen LogP contribution is 2.26. The molecule has 8 heteroatoms. The van der Waals surface area contributed by atoms with Gasteiger partial charge in [-0.15, -0.1) is 4.40 Å².